The maximum atomic E-state index is 12.4. The first-order valence-electron chi connectivity index (χ1n) is 9.62. The third-order valence-electron chi connectivity index (χ3n) is 5.10. The molecule has 1 spiro atoms. The third kappa shape index (κ3) is 4.11. The van der Waals surface area contributed by atoms with E-state index in [9.17, 15) is 9.59 Å². The van der Waals surface area contributed by atoms with E-state index in [1.807, 2.05) is 30.3 Å². The van der Waals surface area contributed by atoms with Gasteiger partial charge in [0.1, 0.15) is 12.2 Å². The topological polar surface area (TPSA) is 71.1 Å². The second-order valence-corrected chi connectivity index (χ2v) is 7.14. The van der Waals surface area contributed by atoms with E-state index in [0.717, 1.165) is 18.4 Å². The number of methoxy groups -OCH3 is 1. The summed E-state index contributed by atoms with van der Waals surface area (Å²) in [5, 5.41) is 0. The van der Waals surface area contributed by atoms with Gasteiger partial charge in [0.15, 0.2) is 11.5 Å². The highest BCUT2D eigenvalue weighted by molar-refractivity contribution is 6.18. The van der Waals surface area contributed by atoms with Gasteiger partial charge in [0, 0.05) is 12.8 Å². The third-order valence-corrected chi connectivity index (χ3v) is 5.10. The second-order valence-electron chi connectivity index (χ2n) is 7.14. The molecule has 0 N–H and O–H groups in total. The van der Waals surface area contributed by atoms with Crippen LogP contribution >= 0.6 is 0 Å². The van der Waals surface area contributed by atoms with Crippen LogP contribution in [0.25, 0.3) is 6.08 Å². The van der Waals surface area contributed by atoms with Gasteiger partial charge < -0.3 is 18.9 Å². The fourth-order valence-corrected chi connectivity index (χ4v) is 3.58. The normalized spacial score (nSPS) is 17.6. The average molecular weight is 394 g/mol. The van der Waals surface area contributed by atoms with Crippen molar-refractivity contribution in [1.82, 2.24) is 0 Å². The van der Waals surface area contributed by atoms with Gasteiger partial charge in [0.2, 0.25) is 0 Å². The molecule has 1 saturated carbocycles. The summed E-state index contributed by atoms with van der Waals surface area (Å²) in [5.74, 6) is -1.30. The summed E-state index contributed by atoms with van der Waals surface area (Å²) in [6, 6.07) is 15.0. The molecule has 1 aliphatic carbocycles. The van der Waals surface area contributed by atoms with Crippen molar-refractivity contribution in [3.8, 4) is 11.5 Å². The van der Waals surface area contributed by atoms with Crippen LogP contribution in [0.1, 0.15) is 36.8 Å². The first kappa shape index (κ1) is 19.1. The minimum atomic E-state index is -1.07. The monoisotopic (exact) mass is 394 g/mol. The Balaban J connectivity index is 1.51. The predicted molar refractivity (Wildman–Crippen MR) is 105 cm³/mol. The number of esters is 2. The molecule has 0 unspecified atom stereocenters. The van der Waals surface area contributed by atoms with Crippen molar-refractivity contribution in [3.05, 3.63) is 65.2 Å². The molecule has 6 nitrogen and oxygen atoms in total. The zero-order valence-electron chi connectivity index (χ0n) is 16.2. The number of carbonyl (C=O) groups is 2. The van der Waals surface area contributed by atoms with Crippen LogP contribution in [0.3, 0.4) is 0 Å². The van der Waals surface area contributed by atoms with Crippen molar-refractivity contribution < 1.29 is 28.5 Å². The van der Waals surface area contributed by atoms with Crippen LogP contribution in [0.4, 0.5) is 0 Å². The van der Waals surface area contributed by atoms with E-state index >= 15 is 0 Å². The summed E-state index contributed by atoms with van der Waals surface area (Å²) in [4.78, 5) is 24.8. The zero-order valence-corrected chi connectivity index (χ0v) is 16.2. The van der Waals surface area contributed by atoms with E-state index < -0.39 is 17.7 Å². The van der Waals surface area contributed by atoms with Gasteiger partial charge in [-0.25, -0.2) is 9.59 Å². The maximum Gasteiger partial charge on any atom is 0.348 e. The van der Waals surface area contributed by atoms with Crippen LogP contribution < -0.4 is 9.47 Å². The van der Waals surface area contributed by atoms with Crippen molar-refractivity contribution >= 4 is 18.0 Å². The smallest absolute Gasteiger partial charge is 0.348 e. The fraction of sp³-hybridized carbons (Fsp3) is 0.304. The molecule has 0 radical (unpaired) electrons. The molecule has 29 heavy (non-hydrogen) atoms. The number of rotatable bonds is 5. The molecule has 2 aromatic carbocycles. The molecule has 0 aromatic heterocycles. The van der Waals surface area contributed by atoms with E-state index in [-0.39, 0.29) is 5.57 Å². The van der Waals surface area contributed by atoms with Crippen LogP contribution in [0.15, 0.2) is 54.1 Å². The summed E-state index contributed by atoms with van der Waals surface area (Å²) in [6.07, 6.45) is 4.32. The highest BCUT2D eigenvalue weighted by atomic mass is 16.7. The van der Waals surface area contributed by atoms with E-state index in [1.54, 1.807) is 18.2 Å². The van der Waals surface area contributed by atoms with Gasteiger partial charge in [-0.05, 0) is 42.2 Å². The van der Waals surface area contributed by atoms with E-state index in [0.29, 0.717) is 36.5 Å². The molecular weight excluding hydrogens is 372 g/mol. The van der Waals surface area contributed by atoms with Gasteiger partial charge in [-0.3, -0.25) is 0 Å². The molecular formula is C23H22O6. The van der Waals surface area contributed by atoms with Gasteiger partial charge in [0.05, 0.1) is 7.11 Å². The Morgan fingerprint density at radius 3 is 2.31 bits per heavy atom. The number of hydrogen-bond donors (Lipinski definition) is 0. The molecule has 0 bridgehead atoms. The second kappa shape index (κ2) is 7.99. The van der Waals surface area contributed by atoms with Crippen molar-refractivity contribution in [2.45, 2.75) is 38.1 Å². The minimum Gasteiger partial charge on any atom is -0.493 e. The summed E-state index contributed by atoms with van der Waals surface area (Å²) in [5.41, 5.74) is 1.53. The molecule has 2 fully saturated rings. The standard InChI is InChI=1S/C23H22O6/c1-26-20-14-17(9-10-19(20)27-15-16-7-3-2-4-8-16)13-18-21(24)28-23(29-22(18)25)11-5-6-12-23/h2-4,7-10,13-14H,5-6,11-12,15H2,1H3. The SMILES string of the molecule is COc1cc(C=C2C(=O)OC3(CCCC3)OC2=O)ccc1OCc1ccccc1. The Bertz CT molecular complexity index is 919. The molecule has 2 aliphatic rings. The van der Waals surface area contributed by atoms with Gasteiger partial charge in [-0.1, -0.05) is 36.4 Å². The van der Waals surface area contributed by atoms with Crippen molar-refractivity contribution in [2.24, 2.45) is 0 Å². The zero-order chi connectivity index (χ0) is 20.3. The first-order chi connectivity index (χ1) is 14.1. The molecule has 1 heterocycles. The largest absolute Gasteiger partial charge is 0.493 e. The molecule has 150 valence electrons. The lowest BCUT2D eigenvalue weighted by Crippen LogP contribution is -2.44. The summed E-state index contributed by atoms with van der Waals surface area (Å²) >= 11 is 0. The van der Waals surface area contributed by atoms with E-state index in [2.05, 4.69) is 0 Å². The van der Waals surface area contributed by atoms with Gasteiger partial charge in [0.25, 0.3) is 5.79 Å². The lowest BCUT2D eigenvalue weighted by molar-refractivity contribution is -0.232. The number of hydrogen-bond acceptors (Lipinski definition) is 6. The van der Waals surface area contributed by atoms with Crippen LogP contribution in [0, 0.1) is 0 Å². The molecule has 2 aromatic rings. The highest BCUT2D eigenvalue weighted by Crippen LogP contribution is 2.39. The van der Waals surface area contributed by atoms with Crippen molar-refractivity contribution in [1.29, 1.82) is 0 Å². The summed E-state index contributed by atoms with van der Waals surface area (Å²) in [6.45, 7) is 0.401. The Morgan fingerprint density at radius 1 is 0.966 bits per heavy atom. The molecule has 4 rings (SSSR count). The minimum absolute atomic E-state index is 0.123. The molecule has 0 atom stereocenters. The van der Waals surface area contributed by atoms with Crippen LogP contribution in [0.5, 0.6) is 11.5 Å². The Labute approximate surface area is 169 Å². The lowest BCUT2D eigenvalue weighted by atomic mass is 10.1. The highest BCUT2D eigenvalue weighted by Gasteiger charge is 2.47. The molecule has 1 saturated heterocycles. The summed E-state index contributed by atoms with van der Waals surface area (Å²) < 4.78 is 22.1. The number of benzene rings is 2. The molecule has 1 aliphatic heterocycles. The number of carbonyl (C=O) groups excluding carboxylic acids is 2. The van der Waals surface area contributed by atoms with E-state index in [4.69, 9.17) is 18.9 Å². The first-order valence-corrected chi connectivity index (χ1v) is 9.62. The average Bonchev–Trinajstić information content (AvgIpc) is 3.17. The van der Waals surface area contributed by atoms with Crippen molar-refractivity contribution in [3.63, 3.8) is 0 Å². The predicted octanol–water partition coefficient (Wildman–Crippen LogP) is 4.03. The number of ether oxygens (including phenoxy) is 4. The quantitative estimate of drug-likeness (QED) is 0.433. The maximum absolute atomic E-state index is 12.4. The van der Waals surface area contributed by atoms with Gasteiger partial charge >= 0.3 is 11.9 Å². The van der Waals surface area contributed by atoms with E-state index in [1.165, 1.54) is 13.2 Å². The van der Waals surface area contributed by atoms with Crippen molar-refractivity contribution in [2.75, 3.05) is 7.11 Å². The van der Waals surface area contributed by atoms with Crippen LogP contribution in [0.2, 0.25) is 0 Å². The van der Waals surface area contributed by atoms with Gasteiger partial charge in [-0.15, -0.1) is 0 Å². The molecule has 0 amide bonds. The fourth-order valence-electron chi connectivity index (χ4n) is 3.58. The Kier molecular flexibility index (Phi) is 5.25. The Morgan fingerprint density at radius 2 is 1.66 bits per heavy atom. The lowest BCUT2D eigenvalue weighted by Gasteiger charge is -2.32. The Hall–Kier alpha value is -3.28. The molecule has 6 heteroatoms. The van der Waals surface area contributed by atoms with Crippen LogP contribution in [-0.2, 0) is 25.7 Å². The van der Waals surface area contributed by atoms with Crippen LogP contribution in [-0.4, -0.2) is 24.8 Å². The summed E-state index contributed by atoms with van der Waals surface area (Å²) in [7, 11) is 1.54. The van der Waals surface area contributed by atoms with Gasteiger partial charge in [-0.2, -0.15) is 0 Å².